The van der Waals surface area contributed by atoms with Crippen molar-refractivity contribution in [1.82, 2.24) is 14.8 Å². The molecule has 6 nitrogen and oxygen atoms in total. The molecule has 2 aliphatic heterocycles. The lowest BCUT2D eigenvalue weighted by molar-refractivity contribution is -0.141. The highest BCUT2D eigenvalue weighted by atomic mass is 35.5. The number of carbonyl (C=O) groups excluding carboxylic acids is 1. The Hall–Kier alpha value is -2.52. The number of likely N-dealkylation sites (tertiary alicyclic amines) is 1. The number of alkyl halides is 3. The van der Waals surface area contributed by atoms with Crippen LogP contribution < -0.4 is 10.2 Å². The van der Waals surface area contributed by atoms with Gasteiger partial charge >= 0.3 is 6.18 Å². The Labute approximate surface area is 209 Å². The number of carbonyl (C=O) groups is 1. The van der Waals surface area contributed by atoms with E-state index in [-0.39, 0.29) is 17.9 Å². The van der Waals surface area contributed by atoms with Gasteiger partial charge in [0.1, 0.15) is 5.69 Å². The highest BCUT2D eigenvalue weighted by molar-refractivity contribution is 6.30. The van der Waals surface area contributed by atoms with E-state index in [2.05, 4.69) is 20.1 Å². The zero-order valence-electron chi connectivity index (χ0n) is 19.8. The fourth-order valence-corrected chi connectivity index (χ4v) is 4.90. The molecule has 1 unspecified atom stereocenters. The quantitative estimate of drug-likeness (QED) is 0.616. The lowest BCUT2D eigenvalue weighted by Crippen LogP contribution is -2.50. The highest BCUT2D eigenvalue weighted by Gasteiger charge is 2.33. The van der Waals surface area contributed by atoms with Crippen molar-refractivity contribution < 1.29 is 18.0 Å². The van der Waals surface area contributed by atoms with Gasteiger partial charge in [-0.3, -0.25) is 14.7 Å². The number of amides is 1. The largest absolute Gasteiger partial charge is 0.433 e. The Morgan fingerprint density at radius 2 is 1.74 bits per heavy atom. The average molecular weight is 510 g/mol. The van der Waals surface area contributed by atoms with E-state index in [1.54, 1.807) is 6.07 Å². The third kappa shape index (κ3) is 6.79. The molecule has 35 heavy (non-hydrogen) atoms. The van der Waals surface area contributed by atoms with Gasteiger partial charge in [0.25, 0.3) is 0 Å². The minimum absolute atomic E-state index is 0.0267. The predicted molar refractivity (Wildman–Crippen MR) is 132 cm³/mol. The monoisotopic (exact) mass is 509 g/mol. The van der Waals surface area contributed by atoms with Crippen molar-refractivity contribution in [2.24, 2.45) is 5.92 Å². The standard InChI is InChI=1S/C25H31ClF3N5O/c1-18(17-32-12-14-33(15-13-32)22-4-2-19(26)3-5-22)24(35)34-10-7-20(8-11-34)31-21-6-9-30-23(16-21)25(27,28)29/h2-6,9,16,18,20H,7-8,10-15,17H2,1H3,(H,30,31). The molecule has 1 aromatic carbocycles. The first-order valence-corrected chi connectivity index (χ1v) is 12.4. The molecule has 10 heteroatoms. The Kier molecular flexibility index (Phi) is 8.06. The molecule has 0 saturated carbocycles. The van der Waals surface area contributed by atoms with E-state index in [0.29, 0.717) is 31.6 Å². The van der Waals surface area contributed by atoms with Crippen molar-refractivity contribution in [2.75, 3.05) is 56.0 Å². The minimum Gasteiger partial charge on any atom is -0.382 e. The number of halogens is 4. The fourth-order valence-electron chi connectivity index (χ4n) is 4.77. The summed E-state index contributed by atoms with van der Waals surface area (Å²) in [5, 5.41) is 3.90. The second-order valence-corrected chi connectivity index (χ2v) is 9.77. The second kappa shape index (κ2) is 11.0. The van der Waals surface area contributed by atoms with Crippen molar-refractivity contribution in [2.45, 2.75) is 32.0 Å². The lowest BCUT2D eigenvalue weighted by Gasteiger charge is -2.38. The highest BCUT2D eigenvalue weighted by Crippen LogP contribution is 2.29. The number of aromatic nitrogens is 1. The van der Waals surface area contributed by atoms with Gasteiger partial charge in [-0.1, -0.05) is 18.5 Å². The molecule has 1 N–H and O–H groups in total. The third-order valence-corrected chi connectivity index (χ3v) is 7.00. The number of nitrogens with one attached hydrogen (secondary N) is 1. The summed E-state index contributed by atoms with van der Waals surface area (Å²) >= 11 is 5.98. The maximum absolute atomic E-state index is 13.0. The molecule has 4 rings (SSSR count). The molecular formula is C25H31ClF3N5O. The van der Waals surface area contributed by atoms with Crippen molar-refractivity contribution in [3.05, 3.63) is 53.3 Å². The summed E-state index contributed by atoms with van der Waals surface area (Å²) in [6.45, 7) is 7.52. The number of rotatable bonds is 6. The summed E-state index contributed by atoms with van der Waals surface area (Å²) in [5.74, 6) is 0.0444. The number of piperazine rings is 1. The molecular weight excluding hydrogens is 479 g/mol. The van der Waals surface area contributed by atoms with E-state index >= 15 is 0 Å². The Morgan fingerprint density at radius 1 is 1.09 bits per heavy atom. The Morgan fingerprint density at radius 3 is 2.37 bits per heavy atom. The van der Waals surface area contributed by atoms with Crippen LogP contribution in [0.5, 0.6) is 0 Å². The van der Waals surface area contributed by atoms with Gasteiger partial charge in [0, 0.05) is 80.4 Å². The zero-order valence-corrected chi connectivity index (χ0v) is 20.5. The first kappa shape index (κ1) is 25.6. The average Bonchev–Trinajstić information content (AvgIpc) is 2.85. The van der Waals surface area contributed by atoms with Crippen LogP contribution in [0.15, 0.2) is 42.6 Å². The molecule has 3 heterocycles. The van der Waals surface area contributed by atoms with E-state index < -0.39 is 11.9 Å². The van der Waals surface area contributed by atoms with E-state index in [1.807, 2.05) is 36.1 Å². The van der Waals surface area contributed by atoms with Crippen LogP contribution in [-0.2, 0) is 11.0 Å². The normalized spacial score (nSPS) is 19.0. The van der Waals surface area contributed by atoms with E-state index in [4.69, 9.17) is 11.6 Å². The number of benzene rings is 1. The molecule has 0 spiro atoms. The topological polar surface area (TPSA) is 51.7 Å². The molecule has 0 radical (unpaired) electrons. The lowest BCUT2D eigenvalue weighted by atomic mass is 10.0. The zero-order chi connectivity index (χ0) is 25.0. The third-order valence-electron chi connectivity index (χ3n) is 6.75. The van der Waals surface area contributed by atoms with Gasteiger partial charge in [0.05, 0.1) is 0 Å². The number of nitrogens with zero attached hydrogens (tertiary/aromatic N) is 4. The van der Waals surface area contributed by atoms with Gasteiger partial charge in [0.2, 0.25) is 5.91 Å². The van der Waals surface area contributed by atoms with Gasteiger partial charge in [-0.15, -0.1) is 0 Å². The van der Waals surface area contributed by atoms with Crippen LogP contribution >= 0.6 is 11.6 Å². The van der Waals surface area contributed by atoms with Crippen LogP contribution in [0.25, 0.3) is 0 Å². The molecule has 1 aromatic heterocycles. The van der Waals surface area contributed by atoms with E-state index in [1.165, 1.54) is 6.20 Å². The number of hydrogen-bond acceptors (Lipinski definition) is 5. The van der Waals surface area contributed by atoms with Gasteiger partial charge in [-0.25, -0.2) is 0 Å². The SMILES string of the molecule is CC(CN1CCN(c2ccc(Cl)cc2)CC1)C(=O)N1CCC(Nc2ccnc(C(F)(F)F)c2)CC1. The molecule has 0 bridgehead atoms. The minimum atomic E-state index is -4.47. The maximum atomic E-state index is 13.0. The van der Waals surface area contributed by atoms with Gasteiger partial charge in [0.15, 0.2) is 0 Å². The predicted octanol–water partition coefficient (Wildman–Crippen LogP) is 4.62. The number of piperidine rings is 1. The summed E-state index contributed by atoms with van der Waals surface area (Å²) in [6, 6.07) is 10.5. The van der Waals surface area contributed by atoms with Crippen molar-refractivity contribution in [1.29, 1.82) is 0 Å². The van der Waals surface area contributed by atoms with Crippen LogP contribution in [0.3, 0.4) is 0 Å². The molecule has 0 aliphatic carbocycles. The summed E-state index contributed by atoms with van der Waals surface area (Å²) in [6.07, 6.45) is -1.91. The fraction of sp³-hybridized carbons (Fsp3) is 0.520. The van der Waals surface area contributed by atoms with Crippen LogP contribution in [0.4, 0.5) is 24.5 Å². The summed E-state index contributed by atoms with van der Waals surface area (Å²) in [5.41, 5.74) is 0.664. The molecule has 190 valence electrons. The van der Waals surface area contributed by atoms with Crippen molar-refractivity contribution >= 4 is 28.9 Å². The Balaban J connectivity index is 1.20. The van der Waals surface area contributed by atoms with Gasteiger partial charge in [-0.2, -0.15) is 13.2 Å². The molecule has 2 fully saturated rings. The van der Waals surface area contributed by atoms with Crippen LogP contribution in [0.2, 0.25) is 5.02 Å². The van der Waals surface area contributed by atoms with Crippen LogP contribution in [0, 0.1) is 5.92 Å². The summed E-state index contributed by atoms with van der Waals surface area (Å²) in [4.78, 5) is 23.0. The maximum Gasteiger partial charge on any atom is 0.433 e. The van der Waals surface area contributed by atoms with Crippen molar-refractivity contribution in [3.8, 4) is 0 Å². The smallest absolute Gasteiger partial charge is 0.382 e. The van der Waals surface area contributed by atoms with Crippen LogP contribution in [0.1, 0.15) is 25.5 Å². The van der Waals surface area contributed by atoms with E-state index in [0.717, 1.165) is 49.5 Å². The number of hydrogen-bond donors (Lipinski definition) is 1. The summed E-state index contributed by atoms with van der Waals surface area (Å²) in [7, 11) is 0. The first-order valence-electron chi connectivity index (χ1n) is 12.0. The number of pyridine rings is 1. The van der Waals surface area contributed by atoms with Crippen LogP contribution in [-0.4, -0.2) is 72.5 Å². The van der Waals surface area contributed by atoms with E-state index in [9.17, 15) is 18.0 Å². The van der Waals surface area contributed by atoms with Gasteiger partial charge < -0.3 is 15.1 Å². The van der Waals surface area contributed by atoms with Gasteiger partial charge in [-0.05, 0) is 49.2 Å². The Bertz CT molecular complexity index is 987. The second-order valence-electron chi connectivity index (χ2n) is 9.34. The molecule has 2 aliphatic rings. The molecule has 2 saturated heterocycles. The molecule has 2 aromatic rings. The summed E-state index contributed by atoms with van der Waals surface area (Å²) < 4.78 is 38.7. The van der Waals surface area contributed by atoms with Crippen molar-refractivity contribution in [3.63, 3.8) is 0 Å². The molecule has 1 atom stereocenters. The molecule has 1 amide bonds. The number of anilines is 2. The first-order chi connectivity index (χ1) is 16.7.